The van der Waals surface area contributed by atoms with Gasteiger partial charge < -0.3 is 9.80 Å². The summed E-state index contributed by atoms with van der Waals surface area (Å²) in [7, 11) is 0. The fourth-order valence-electron chi connectivity index (χ4n) is 16.6. The van der Waals surface area contributed by atoms with Crippen LogP contribution in [0.2, 0.25) is 0 Å². The van der Waals surface area contributed by atoms with Gasteiger partial charge in [0.25, 0.3) is 0 Å². The molecule has 0 saturated heterocycles. The standard InChI is InChI=1S/C100H84N2/c1-7-99(8-2)95-63-74(39-37-72-42-50-79(51-43-72)94-65-81(46-34-70(94)6)75-24-15-11-16-25-75)45-58-89(95)91-60-56-87(67-97(91)99)101(83-29-19-13-20-30-83)85-54-52-77(53-55-85)80-28-23-33-86(64-80)102(84-31-21-14-22-32-84)88-57-61-92-90-59-44-73(62-96(90)100(9-3,10-4)98(92)68-88)38-36-71-40-48-76(49-41-71)82-47-35-69(5)93(66-82)78-26-17-12-18-27-78/h11-68H,7-10H2,1-6H3. The normalized spacial score (nSPS) is 13.0. The van der Waals surface area contributed by atoms with Gasteiger partial charge in [-0.2, -0.15) is 0 Å². The molecule has 2 heteroatoms. The highest BCUT2D eigenvalue weighted by Gasteiger charge is 2.43. The van der Waals surface area contributed by atoms with Gasteiger partial charge in [0.1, 0.15) is 0 Å². The van der Waals surface area contributed by atoms with Crippen molar-refractivity contribution >= 4 is 58.4 Å². The topological polar surface area (TPSA) is 6.48 Å². The Kier molecular flexibility index (Phi) is 17.6. The molecule has 0 N–H and O–H groups in total. The molecule has 0 radical (unpaired) electrons. The summed E-state index contributed by atoms with van der Waals surface area (Å²) in [5.41, 5.74) is 37.0. The molecule has 16 rings (SSSR count). The first-order valence-corrected chi connectivity index (χ1v) is 36.5. The summed E-state index contributed by atoms with van der Waals surface area (Å²) in [5.74, 6) is 0. The summed E-state index contributed by atoms with van der Waals surface area (Å²) in [6.45, 7) is 13.9. The zero-order valence-corrected chi connectivity index (χ0v) is 59.2. The number of anilines is 6. The largest absolute Gasteiger partial charge is 0.310 e. The number of para-hydroxylation sites is 2. The van der Waals surface area contributed by atoms with Crippen molar-refractivity contribution in [1.29, 1.82) is 0 Å². The number of aryl methyl sites for hydroxylation is 2. The van der Waals surface area contributed by atoms with Crippen LogP contribution in [0.15, 0.2) is 328 Å². The van der Waals surface area contributed by atoms with E-state index in [1.807, 2.05) is 0 Å². The third-order valence-corrected chi connectivity index (χ3v) is 22.3. The first-order chi connectivity index (χ1) is 50.1. The summed E-state index contributed by atoms with van der Waals surface area (Å²) < 4.78 is 0. The van der Waals surface area contributed by atoms with Crippen LogP contribution in [0.3, 0.4) is 0 Å². The predicted octanol–water partition coefficient (Wildman–Crippen LogP) is 28.1. The first kappa shape index (κ1) is 64.8. The fraction of sp³-hybridized carbons (Fsp3) is 0.120. The van der Waals surface area contributed by atoms with E-state index in [9.17, 15) is 0 Å². The van der Waals surface area contributed by atoms with Crippen LogP contribution in [0, 0.1) is 13.8 Å². The molecule has 14 aromatic carbocycles. The average molecular weight is 1310 g/mol. The van der Waals surface area contributed by atoms with Crippen molar-refractivity contribution in [2.75, 3.05) is 9.80 Å². The lowest BCUT2D eigenvalue weighted by Gasteiger charge is -2.32. The molecule has 2 nitrogen and oxygen atoms in total. The van der Waals surface area contributed by atoms with E-state index in [0.29, 0.717) is 0 Å². The van der Waals surface area contributed by atoms with Crippen LogP contribution >= 0.6 is 0 Å². The molecule has 0 spiro atoms. The maximum Gasteiger partial charge on any atom is 0.0467 e. The van der Waals surface area contributed by atoms with Crippen LogP contribution in [0.25, 0.3) is 102 Å². The van der Waals surface area contributed by atoms with Gasteiger partial charge >= 0.3 is 0 Å². The minimum Gasteiger partial charge on any atom is -0.310 e. The van der Waals surface area contributed by atoms with E-state index in [-0.39, 0.29) is 10.8 Å². The highest BCUT2D eigenvalue weighted by molar-refractivity contribution is 5.91. The molecule has 0 heterocycles. The highest BCUT2D eigenvalue weighted by atomic mass is 15.1. The summed E-state index contributed by atoms with van der Waals surface area (Å²) in [5, 5.41) is 0. The van der Waals surface area contributed by atoms with Gasteiger partial charge in [0, 0.05) is 45.0 Å². The van der Waals surface area contributed by atoms with Crippen molar-refractivity contribution in [3.8, 4) is 77.9 Å². The summed E-state index contributed by atoms with van der Waals surface area (Å²) in [6, 6.07) is 122. The second kappa shape index (κ2) is 27.7. The molecular formula is C100H84N2. The van der Waals surface area contributed by atoms with E-state index in [1.54, 1.807) is 0 Å². The lowest BCUT2D eigenvalue weighted by Crippen LogP contribution is -2.23. The Balaban J connectivity index is 0.657. The zero-order chi connectivity index (χ0) is 69.3. The van der Waals surface area contributed by atoms with E-state index >= 15 is 0 Å². The number of rotatable bonds is 19. The molecule has 0 unspecified atom stereocenters. The molecule has 0 fully saturated rings. The van der Waals surface area contributed by atoms with Gasteiger partial charge in [0.2, 0.25) is 0 Å². The minimum atomic E-state index is -0.145. The van der Waals surface area contributed by atoms with Crippen molar-refractivity contribution in [2.45, 2.75) is 78.1 Å². The van der Waals surface area contributed by atoms with Crippen LogP contribution in [0.1, 0.15) is 109 Å². The molecule has 0 saturated carbocycles. The third-order valence-electron chi connectivity index (χ3n) is 22.3. The van der Waals surface area contributed by atoms with Gasteiger partial charge in [0.05, 0.1) is 0 Å². The average Bonchev–Trinajstić information content (AvgIpc) is 1.57. The molecule has 14 aromatic rings. The van der Waals surface area contributed by atoms with Crippen molar-refractivity contribution in [1.82, 2.24) is 0 Å². The van der Waals surface area contributed by atoms with E-state index in [2.05, 4.69) is 403 Å². The van der Waals surface area contributed by atoms with Gasteiger partial charge in [-0.15, -0.1) is 0 Å². The Morgan fingerprint density at radius 1 is 0.216 bits per heavy atom. The van der Waals surface area contributed by atoms with E-state index in [1.165, 1.54) is 122 Å². The maximum absolute atomic E-state index is 2.50. The van der Waals surface area contributed by atoms with Crippen molar-refractivity contribution < 1.29 is 0 Å². The highest BCUT2D eigenvalue weighted by Crippen LogP contribution is 2.57. The summed E-state index contributed by atoms with van der Waals surface area (Å²) in [4.78, 5) is 4.88. The number of hydrogen-bond acceptors (Lipinski definition) is 2. The Hall–Kier alpha value is -11.8. The molecule has 494 valence electrons. The van der Waals surface area contributed by atoms with Crippen molar-refractivity contribution in [2.24, 2.45) is 0 Å². The SMILES string of the molecule is CCC1(CC)c2cc(C=Cc3ccc(-c4cc(-c5ccccc5)ccc4C)cc3)ccc2-c2ccc(N(c3ccccc3)c3ccc(-c4cccc(N(c5ccccc5)c5ccc6c(c5)C(CC)(CC)c5cc(C=Cc7ccc(-c8ccc(C)c(-c9ccccc9)c8)cc7)ccc5-6)c4)cc3)cc21. The number of benzene rings is 14. The molecule has 2 aliphatic carbocycles. The molecule has 2 aliphatic rings. The molecule has 0 bridgehead atoms. The van der Waals surface area contributed by atoms with Gasteiger partial charge in [-0.3, -0.25) is 0 Å². The summed E-state index contributed by atoms with van der Waals surface area (Å²) in [6.07, 6.45) is 13.1. The van der Waals surface area contributed by atoms with Crippen LogP contribution in [0.4, 0.5) is 34.1 Å². The van der Waals surface area contributed by atoms with Crippen molar-refractivity contribution in [3.05, 3.63) is 383 Å². The predicted molar refractivity (Wildman–Crippen MR) is 437 cm³/mol. The lowest BCUT2D eigenvalue weighted by atomic mass is 9.73. The van der Waals surface area contributed by atoms with Crippen LogP contribution in [-0.2, 0) is 10.8 Å². The molecule has 102 heavy (non-hydrogen) atoms. The lowest BCUT2D eigenvalue weighted by molar-refractivity contribution is 0.490. The van der Waals surface area contributed by atoms with Crippen LogP contribution in [-0.4, -0.2) is 0 Å². The van der Waals surface area contributed by atoms with Gasteiger partial charge in [-0.05, 0) is 258 Å². The third kappa shape index (κ3) is 12.0. The van der Waals surface area contributed by atoms with Gasteiger partial charge in [0.15, 0.2) is 0 Å². The Labute approximate surface area is 603 Å². The van der Waals surface area contributed by atoms with E-state index < -0.39 is 0 Å². The number of hydrogen-bond donors (Lipinski definition) is 0. The van der Waals surface area contributed by atoms with Crippen molar-refractivity contribution in [3.63, 3.8) is 0 Å². The van der Waals surface area contributed by atoms with Crippen LogP contribution in [0.5, 0.6) is 0 Å². The molecule has 0 atom stereocenters. The Bertz CT molecular complexity index is 5420. The molecule has 0 aliphatic heterocycles. The Morgan fingerprint density at radius 2 is 0.500 bits per heavy atom. The second-order valence-corrected chi connectivity index (χ2v) is 27.8. The van der Waals surface area contributed by atoms with Gasteiger partial charge in [-0.25, -0.2) is 0 Å². The Morgan fingerprint density at radius 3 is 0.951 bits per heavy atom. The minimum absolute atomic E-state index is 0.140. The summed E-state index contributed by atoms with van der Waals surface area (Å²) >= 11 is 0. The molecule has 0 amide bonds. The quantitative estimate of drug-likeness (QED) is 0.0745. The monoisotopic (exact) mass is 1310 g/mol. The van der Waals surface area contributed by atoms with E-state index in [4.69, 9.17) is 0 Å². The fourth-order valence-corrected chi connectivity index (χ4v) is 16.6. The van der Waals surface area contributed by atoms with E-state index in [0.717, 1.165) is 70.9 Å². The smallest absolute Gasteiger partial charge is 0.0467 e. The number of nitrogens with zero attached hydrogens (tertiary/aromatic N) is 2. The second-order valence-electron chi connectivity index (χ2n) is 27.8. The first-order valence-electron chi connectivity index (χ1n) is 36.5. The van der Waals surface area contributed by atoms with Crippen LogP contribution < -0.4 is 9.80 Å². The number of fused-ring (bicyclic) bond motifs is 6. The molecule has 0 aromatic heterocycles. The van der Waals surface area contributed by atoms with Gasteiger partial charge in [-0.1, -0.05) is 295 Å². The molecular weight excluding hydrogens is 1230 g/mol. The maximum atomic E-state index is 2.50. The zero-order valence-electron chi connectivity index (χ0n) is 59.2.